The van der Waals surface area contributed by atoms with Gasteiger partial charge >= 0.3 is 0 Å². The summed E-state index contributed by atoms with van der Waals surface area (Å²) in [5.41, 5.74) is 0. The van der Waals surface area contributed by atoms with Crippen LogP contribution in [0.1, 0.15) is 12.8 Å². The molecule has 0 N–H and O–H groups in total. The second kappa shape index (κ2) is 3.17. The fourth-order valence-corrected chi connectivity index (χ4v) is 1.13. The summed E-state index contributed by atoms with van der Waals surface area (Å²) in [5, 5.41) is 8.55. The van der Waals surface area contributed by atoms with Crippen molar-refractivity contribution in [1.82, 2.24) is 0 Å². The van der Waals surface area contributed by atoms with Crippen LogP contribution in [0.25, 0.3) is 0 Å². The molecule has 0 radical (unpaired) electrons. The number of hydrogen-bond donors (Lipinski definition) is 0. The Hall–Kier alpha value is -1.10. The summed E-state index contributed by atoms with van der Waals surface area (Å²) in [7, 11) is 0. The van der Waals surface area contributed by atoms with Crippen molar-refractivity contribution in [1.29, 1.82) is 5.26 Å². The zero-order valence-electron chi connectivity index (χ0n) is 5.66. The number of carbonyl (C=O) groups excluding carboxylic acids is 1. The van der Waals surface area contributed by atoms with Crippen molar-refractivity contribution >= 4 is 6.29 Å². The minimum atomic E-state index is -0.0810. The molecule has 0 fully saturated rings. The molecular formula is C8H9NO. The van der Waals surface area contributed by atoms with Gasteiger partial charge in [0.2, 0.25) is 0 Å². The summed E-state index contributed by atoms with van der Waals surface area (Å²) in [4.78, 5) is 10.3. The lowest BCUT2D eigenvalue weighted by molar-refractivity contribution is -0.112. The summed E-state index contributed by atoms with van der Waals surface area (Å²) >= 11 is 0. The SMILES string of the molecule is N#CC1CC=CCC1C=O. The molecule has 0 bridgehead atoms. The predicted octanol–water partition coefficient (Wildman–Crippen LogP) is 1.29. The van der Waals surface area contributed by atoms with E-state index >= 15 is 0 Å². The lowest BCUT2D eigenvalue weighted by Gasteiger charge is -2.16. The number of nitrogens with zero attached hydrogens (tertiary/aromatic N) is 1. The van der Waals surface area contributed by atoms with Gasteiger partial charge in [-0.3, -0.25) is 0 Å². The van der Waals surface area contributed by atoms with E-state index in [9.17, 15) is 4.79 Å². The third kappa shape index (κ3) is 1.24. The summed E-state index contributed by atoms with van der Waals surface area (Å²) in [6.07, 6.45) is 6.29. The molecule has 0 amide bonds. The van der Waals surface area contributed by atoms with E-state index in [1.807, 2.05) is 12.2 Å². The molecule has 1 rings (SSSR count). The van der Waals surface area contributed by atoms with Crippen LogP contribution in [0.4, 0.5) is 0 Å². The first-order valence-corrected chi connectivity index (χ1v) is 3.38. The normalized spacial score (nSPS) is 31.1. The fraction of sp³-hybridized carbons (Fsp3) is 0.500. The standard InChI is InChI=1S/C8H9NO/c9-5-7-3-1-2-4-8(7)6-10/h1-2,6-8H,3-4H2. The Balaban J connectivity index is 2.64. The maximum Gasteiger partial charge on any atom is 0.124 e. The third-order valence-electron chi connectivity index (χ3n) is 1.82. The van der Waals surface area contributed by atoms with Gasteiger partial charge in [0, 0.05) is 5.92 Å². The first kappa shape index (κ1) is 7.01. The van der Waals surface area contributed by atoms with Crippen molar-refractivity contribution in [3.05, 3.63) is 12.2 Å². The molecule has 0 aliphatic heterocycles. The monoisotopic (exact) mass is 135 g/mol. The van der Waals surface area contributed by atoms with Gasteiger partial charge in [-0.15, -0.1) is 0 Å². The highest BCUT2D eigenvalue weighted by Gasteiger charge is 2.20. The smallest absolute Gasteiger partial charge is 0.124 e. The van der Waals surface area contributed by atoms with E-state index in [4.69, 9.17) is 5.26 Å². The second-order valence-electron chi connectivity index (χ2n) is 2.48. The van der Waals surface area contributed by atoms with Gasteiger partial charge in [-0.05, 0) is 12.8 Å². The van der Waals surface area contributed by atoms with Gasteiger partial charge < -0.3 is 4.79 Å². The van der Waals surface area contributed by atoms with Crippen LogP contribution in [0, 0.1) is 23.2 Å². The van der Waals surface area contributed by atoms with Crippen LogP contribution in [0.3, 0.4) is 0 Å². The second-order valence-corrected chi connectivity index (χ2v) is 2.48. The summed E-state index contributed by atoms with van der Waals surface area (Å²) < 4.78 is 0. The molecule has 1 aliphatic carbocycles. The van der Waals surface area contributed by atoms with Gasteiger partial charge in [0.15, 0.2) is 0 Å². The lowest BCUT2D eigenvalue weighted by atomic mass is 9.85. The number of aldehydes is 1. The Morgan fingerprint density at radius 3 is 2.70 bits per heavy atom. The molecule has 2 atom stereocenters. The molecule has 0 saturated heterocycles. The van der Waals surface area contributed by atoms with Crippen molar-refractivity contribution in [2.24, 2.45) is 11.8 Å². The van der Waals surface area contributed by atoms with Crippen LogP contribution in [0.15, 0.2) is 12.2 Å². The van der Waals surface area contributed by atoms with Gasteiger partial charge in [0.1, 0.15) is 6.29 Å². The van der Waals surface area contributed by atoms with Crippen molar-refractivity contribution < 1.29 is 4.79 Å². The van der Waals surface area contributed by atoms with Crippen molar-refractivity contribution in [2.75, 3.05) is 0 Å². The molecule has 0 aromatic heterocycles. The average molecular weight is 135 g/mol. The fourth-order valence-electron chi connectivity index (χ4n) is 1.13. The maximum absolute atomic E-state index is 10.3. The number of rotatable bonds is 1. The van der Waals surface area contributed by atoms with Gasteiger partial charge in [-0.25, -0.2) is 0 Å². The molecule has 10 heavy (non-hydrogen) atoms. The summed E-state index contributed by atoms with van der Waals surface area (Å²) in [5.74, 6) is -0.141. The zero-order chi connectivity index (χ0) is 7.40. The van der Waals surface area contributed by atoms with Crippen LogP contribution in [0.5, 0.6) is 0 Å². The molecular weight excluding hydrogens is 126 g/mol. The van der Waals surface area contributed by atoms with Crippen LogP contribution in [-0.4, -0.2) is 6.29 Å². The summed E-state index contributed by atoms with van der Waals surface area (Å²) in [6.45, 7) is 0. The van der Waals surface area contributed by atoms with Gasteiger partial charge in [0.05, 0.1) is 12.0 Å². The Kier molecular flexibility index (Phi) is 2.22. The molecule has 1 aliphatic rings. The predicted molar refractivity (Wildman–Crippen MR) is 37.0 cm³/mol. The maximum atomic E-state index is 10.3. The first-order valence-electron chi connectivity index (χ1n) is 3.38. The Bertz CT molecular complexity index is 190. The van der Waals surface area contributed by atoms with Gasteiger partial charge in [0.25, 0.3) is 0 Å². The number of nitriles is 1. The van der Waals surface area contributed by atoms with E-state index in [1.54, 1.807) is 0 Å². The molecule has 0 aromatic rings. The Morgan fingerprint density at radius 2 is 2.20 bits per heavy atom. The van der Waals surface area contributed by atoms with Crippen molar-refractivity contribution in [3.8, 4) is 6.07 Å². The minimum Gasteiger partial charge on any atom is -0.303 e. The highest BCUT2D eigenvalue weighted by atomic mass is 16.1. The number of hydrogen-bond acceptors (Lipinski definition) is 2. The molecule has 2 unspecified atom stereocenters. The zero-order valence-corrected chi connectivity index (χ0v) is 5.66. The van der Waals surface area contributed by atoms with Gasteiger partial charge in [-0.2, -0.15) is 5.26 Å². The quantitative estimate of drug-likeness (QED) is 0.401. The summed E-state index contributed by atoms with van der Waals surface area (Å²) in [6, 6.07) is 2.12. The number of carbonyl (C=O) groups is 1. The Labute approximate surface area is 60.2 Å². The number of allylic oxidation sites excluding steroid dienone is 2. The van der Waals surface area contributed by atoms with Crippen molar-refractivity contribution in [3.63, 3.8) is 0 Å². The molecule has 2 heteroatoms. The third-order valence-corrected chi connectivity index (χ3v) is 1.82. The van der Waals surface area contributed by atoms with E-state index in [0.717, 1.165) is 19.1 Å². The van der Waals surface area contributed by atoms with Crippen LogP contribution >= 0.6 is 0 Å². The molecule has 0 aromatic carbocycles. The average Bonchev–Trinajstić information content (AvgIpc) is 2.04. The molecule has 0 heterocycles. The van der Waals surface area contributed by atoms with E-state index < -0.39 is 0 Å². The van der Waals surface area contributed by atoms with Crippen LogP contribution < -0.4 is 0 Å². The molecule has 2 nitrogen and oxygen atoms in total. The van der Waals surface area contributed by atoms with E-state index in [1.165, 1.54) is 0 Å². The topological polar surface area (TPSA) is 40.9 Å². The molecule has 0 spiro atoms. The van der Waals surface area contributed by atoms with Crippen LogP contribution in [-0.2, 0) is 4.79 Å². The molecule has 52 valence electrons. The Morgan fingerprint density at radius 1 is 1.50 bits per heavy atom. The van der Waals surface area contributed by atoms with Crippen molar-refractivity contribution in [2.45, 2.75) is 12.8 Å². The largest absolute Gasteiger partial charge is 0.303 e. The highest BCUT2D eigenvalue weighted by molar-refractivity contribution is 5.55. The lowest BCUT2D eigenvalue weighted by Crippen LogP contribution is -2.15. The first-order chi connectivity index (χ1) is 4.88. The van der Waals surface area contributed by atoms with E-state index in [-0.39, 0.29) is 11.8 Å². The van der Waals surface area contributed by atoms with Crippen LogP contribution in [0.2, 0.25) is 0 Å². The highest BCUT2D eigenvalue weighted by Crippen LogP contribution is 2.22. The van der Waals surface area contributed by atoms with E-state index in [0.29, 0.717) is 0 Å². The molecule has 0 saturated carbocycles. The minimum absolute atomic E-state index is 0.0602. The van der Waals surface area contributed by atoms with E-state index in [2.05, 4.69) is 6.07 Å². The van der Waals surface area contributed by atoms with Gasteiger partial charge in [-0.1, -0.05) is 12.2 Å².